The average Bonchev–Trinajstić information content (AvgIpc) is 2.43. The van der Waals surface area contributed by atoms with Crippen LogP contribution < -0.4 is 0 Å². The largest absolute Gasteiger partial charge is 0.506 e. The van der Waals surface area contributed by atoms with Gasteiger partial charge in [0.05, 0.1) is 13.1 Å². The van der Waals surface area contributed by atoms with Crippen LogP contribution in [0.3, 0.4) is 0 Å². The number of carbonyl (C=O) groups is 1. The molecule has 0 spiro atoms. The molecule has 0 aliphatic carbocycles. The molecule has 0 amide bonds. The van der Waals surface area contributed by atoms with Crippen molar-refractivity contribution < 1.29 is 27.6 Å². The van der Waals surface area contributed by atoms with E-state index < -0.39 is 27.8 Å². The van der Waals surface area contributed by atoms with Crippen LogP contribution in [-0.4, -0.2) is 36.4 Å². The van der Waals surface area contributed by atoms with E-state index in [2.05, 4.69) is 22.6 Å². The topological polar surface area (TPSA) is 101 Å². The van der Waals surface area contributed by atoms with Gasteiger partial charge in [-0.2, -0.15) is 8.42 Å². The average molecular weight is 680 g/mol. The lowest BCUT2D eigenvalue weighted by Crippen LogP contribution is -2.23. The second-order valence-electron chi connectivity index (χ2n) is 4.74. The maximum absolute atomic E-state index is 12.1. The van der Waals surface area contributed by atoms with Crippen LogP contribution in [0.5, 0.6) is 5.75 Å². The summed E-state index contributed by atoms with van der Waals surface area (Å²) in [4.78, 5) is 12.1. The van der Waals surface area contributed by atoms with Crippen LogP contribution >= 0.6 is 67.8 Å². The van der Waals surface area contributed by atoms with Gasteiger partial charge in [-0.1, -0.05) is 6.92 Å². The molecule has 0 aliphatic heterocycles. The fraction of sp³-hybridized carbons (Fsp3) is 0.462. The summed E-state index contributed by atoms with van der Waals surface area (Å²) in [7, 11) is -4.15. The van der Waals surface area contributed by atoms with Crippen molar-refractivity contribution >= 4 is 83.9 Å². The number of esters is 1. The van der Waals surface area contributed by atoms with Gasteiger partial charge in [-0.05, 0) is 92.2 Å². The van der Waals surface area contributed by atoms with Crippen LogP contribution in [0, 0.1) is 16.6 Å². The Labute approximate surface area is 175 Å². The first-order valence-corrected chi connectivity index (χ1v) is 11.4. The highest BCUT2D eigenvalue weighted by atomic mass is 127. The maximum Gasteiger partial charge on any atom is 0.309 e. The smallest absolute Gasteiger partial charge is 0.309 e. The standard InChI is InChI=1S/C13H15I3O6S/c1-2-7(13(18)22-3-4-23(19,20)21)5-8-9(14)6-10(15)12(17)11(8)16/h6-7,17H,2-5H2,1H3,(H,19,20,21). The first-order chi connectivity index (χ1) is 10.6. The van der Waals surface area contributed by atoms with Gasteiger partial charge in [0.15, 0.2) is 0 Å². The molecule has 1 atom stereocenters. The molecule has 1 unspecified atom stereocenters. The molecule has 2 N–H and O–H groups in total. The molecule has 0 bridgehead atoms. The molecule has 1 aromatic carbocycles. The highest BCUT2D eigenvalue weighted by Gasteiger charge is 2.23. The summed E-state index contributed by atoms with van der Waals surface area (Å²) >= 11 is 6.24. The molecule has 0 fully saturated rings. The van der Waals surface area contributed by atoms with Crippen molar-refractivity contribution in [2.24, 2.45) is 5.92 Å². The second-order valence-corrected chi connectivity index (χ2v) is 9.72. The number of aromatic hydroxyl groups is 1. The molecule has 0 heterocycles. The number of phenols is 1. The summed E-state index contributed by atoms with van der Waals surface area (Å²) < 4.78 is 37.2. The van der Waals surface area contributed by atoms with Gasteiger partial charge in [-0.3, -0.25) is 9.35 Å². The van der Waals surface area contributed by atoms with Crippen molar-refractivity contribution in [1.29, 1.82) is 0 Å². The Hall–Kier alpha value is 0.590. The van der Waals surface area contributed by atoms with E-state index in [0.717, 1.165) is 12.7 Å². The van der Waals surface area contributed by atoms with Gasteiger partial charge in [-0.25, -0.2) is 0 Å². The molecule has 6 nitrogen and oxygen atoms in total. The second kappa shape index (κ2) is 9.33. The van der Waals surface area contributed by atoms with Crippen molar-refractivity contribution in [3.05, 3.63) is 22.3 Å². The van der Waals surface area contributed by atoms with Crippen LogP contribution in [0.1, 0.15) is 18.9 Å². The number of carbonyl (C=O) groups excluding carboxylic acids is 1. The van der Waals surface area contributed by atoms with E-state index in [9.17, 15) is 18.3 Å². The van der Waals surface area contributed by atoms with Crippen LogP contribution in [0.25, 0.3) is 0 Å². The van der Waals surface area contributed by atoms with Crippen LogP contribution in [0.4, 0.5) is 0 Å². The SMILES string of the molecule is CCC(Cc1c(I)cc(I)c(O)c1I)C(=O)OCCS(=O)(=O)O. The highest BCUT2D eigenvalue weighted by molar-refractivity contribution is 14.1. The van der Waals surface area contributed by atoms with Crippen molar-refractivity contribution in [2.75, 3.05) is 12.4 Å². The summed E-state index contributed by atoms with van der Waals surface area (Å²) in [5, 5.41) is 10.0. The molecule has 23 heavy (non-hydrogen) atoms. The third-order valence-electron chi connectivity index (χ3n) is 3.10. The molecule has 10 heteroatoms. The zero-order valence-corrected chi connectivity index (χ0v) is 19.3. The van der Waals surface area contributed by atoms with E-state index >= 15 is 0 Å². The van der Waals surface area contributed by atoms with Gasteiger partial charge >= 0.3 is 5.97 Å². The molecule has 0 radical (unpaired) electrons. The summed E-state index contributed by atoms with van der Waals surface area (Å²) in [5.74, 6) is -1.39. The van der Waals surface area contributed by atoms with E-state index in [4.69, 9.17) is 9.29 Å². The van der Waals surface area contributed by atoms with Gasteiger partial charge in [0.25, 0.3) is 10.1 Å². The third kappa shape index (κ3) is 6.78. The molecule has 0 saturated carbocycles. The van der Waals surface area contributed by atoms with E-state index in [0.29, 0.717) is 16.4 Å². The predicted octanol–water partition coefficient (Wildman–Crippen LogP) is 3.21. The van der Waals surface area contributed by atoms with E-state index in [1.54, 1.807) is 0 Å². The predicted molar refractivity (Wildman–Crippen MR) is 111 cm³/mol. The molecule has 0 saturated heterocycles. The Balaban J connectivity index is 2.85. The molecule has 0 aliphatic rings. The minimum Gasteiger partial charge on any atom is -0.506 e. The van der Waals surface area contributed by atoms with Crippen molar-refractivity contribution in [3.63, 3.8) is 0 Å². The molecule has 1 aromatic rings. The van der Waals surface area contributed by atoms with Crippen LogP contribution in [-0.2, 0) is 26.1 Å². The van der Waals surface area contributed by atoms with Crippen LogP contribution in [0.15, 0.2) is 6.07 Å². The van der Waals surface area contributed by atoms with Crippen molar-refractivity contribution in [2.45, 2.75) is 19.8 Å². The van der Waals surface area contributed by atoms with Crippen molar-refractivity contribution in [1.82, 2.24) is 0 Å². The number of phenolic OH excluding ortho intramolecular Hbond substituents is 1. The highest BCUT2D eigenvalue weighted by Crippen LogP contribution is 2.34. The van der Waals surface area contributed by atoms with Gasteiger partial charge in [0, 0.05) is 3.57 Å². The van der Waals surface area contributed by atoms with Gasteiger partial charge < -0.3 is 9.84 Å². The molecular formula is C13H15I3O6S. The first-order valence-electron chi connectivity index (χ1n) is 6.54. The van der Waals surface area contributed by atoms with Gasteiger partial charge in [0.1, 0.15) is 18.1 Å². The van der Waals surface area contributed by atoms with E-state index in [-0.39, 0.29) is 12.4 Å². The van der Waals surface area contributed by atoms with Crippen molar-refractivity contribution in [3.8, 4) is 5.75 Å². The Kier molecular flexibility index (Phi) is 8.78. The molecular weight excluding hydrogens is 665 g/mol. The maximum atomic E-state index is 12.1. The summed E-state index contributed by atoms with van der Waals surface area (Å²) in [6.07, 6.45) is 0.909. The van der Waals surface area contributed by atoms with Gasteiger partial charge in [-0.15, -0.1) is 0 Å². The zero-order valence-electron chi connectivity index (χ0n) is 12.1. The summed E-state index contributed by atoms with van der Waals surface area (Å²) in [6, 6.07) is 1.84. The molecule has 130 valence electrons. The van der Waals surface area contributed by atoms with Crippen LogP contribution in [0.2, 0.25) is 0 Å². The summed E-state index contributed by atoms with van der Waals surface area (Å²) in [6.45, 7) is 1.46. The third-order valence-corrected chi connectivity index (χ3v) is 6.73. The summed E-state index contributed by atoms with van der Waals surface area (Å²) in [5.41, 5.74) is 0.864. The number of benzene rings is 1. The Morgan fingerprint density at radius 3 is 2.43 bits per heavy atom. The molecule has 0 aromatic heterocycles. The minimum atomic E-state index is -4.15. The zero-order chi connectivity index (χ0) is 17.8. The lowest BCUT2D eigenvalue weighted by atomic mass is 9.97. The number of hydrogen-bond donors (Lipinski definition) is 2. The number of hydrogen-bond acceptors (Lipinski definition) is 5. The fourth-order valence-corrected chi connectivity index (χ4v) is 5.92. The Bertz CT molecular complexity index is 689. The minimum absolute atomic E-state index is 0.191. The van der Waals surface area contributed by atoms with E-state index in [1.165, 1.54) is 0 Å². The number of rotatable bonds is 7. The monoisotopic (exact) mass is 680 g/mol. The molecule has 1 rings (SSSR count). The first kappa shape index (κ1) is 21.6. The quantitative estimate of drug-likeness (QED) is 0.261. The lowest BCUT2D eigenvalue weighted by molar-refractivity contribution is -0.148. The van der Waals surface area contributed by atoms with Gasteiger partial charge in [0.2, 0.25) is 0 Å². The fourth-order valence-electron chi connectivity index (χ4n) is 1.81. The normalized spacial score (nSPS) is 12.9. The lowest BCUT2D eigenvalue weighted by Gasteiger charge is -2.17. The van der Waals surface area contributed by atoms with E-state index in [1.807, 2.05) is 58.2 Å². The number of halogens is 3. The number of ether oxygens (including phenoxy) is 1. The Morgan fingerprint density at radius 1 is 1.30 bits per heavy atom. The Morgan fingerprint density at radius 2 is 1.91 bits per heavy atom.